The van der Waals surface area contributed by atoms with Crippen molar-refractivity contribution in [2.24, 2.45) is 0 Å². The fourth-order valence-corrected chi connectivity index (χ4v) is 3.17. The summed E-state index contributed by atoms with van der Waals surface area (Å²) in [7, 11) is -3.95. The smallest absolute Gasteiger partial charge is 0.432 e. The van der Waals surface area contributed by atoms with Crippen LogP contribution in [0.5, 0.6) is 0 Å². The van der Waals surface area contributed by atoms with Crippen LogP contribution in [-0.4, -0.2) is 53.8 Å². The second-order valence-corrected chi connectivity index (χ2v) is 9.21. The molecule has 0 aromatic carbocycles. The first kappa shape index (κ1) is 28.1. The lowest BCUT2D eigenvalue weighted by Crippen LogP contribution is -2.30. The Morgan fingerprint density at radius 2 is 1.52 bits per heavy atom. The third kappa shape index (κ3) is 11.5. The van der Waals surface area contributed by atoms with Gasteiger partial charge in [-0.05, 0) is 34.6 Å². The van der Waals surface area contributed by atoms with Crippen molar-refractivity contribution in [1.29, 1.82) is 0 Å². The van der Waals surface area contributed by atoms with Gasteiger partial charge in [-0.2, -0.15) is 0 Å². The van der Waals surface area contributed by atoms with E-state index in [4.69, 9.17) is 18.5 Å². The van der Waals surface area contributed by atoms with Crippen molar-refractivity contribution >= 4 is 19.9 Å². The highest BCUT2D eigenvalue weighted by Crippen LogP contribution is 2.48. The van der Waals surface area contributed by atoms with Gasteiger partial charge >= 0.3 is 25.6 Å². The van der Waals surface area contributed by atoms with Gasteiger partial charge in [-0.3, -0.25) is 28.0 Å². The molecule has 0 spiro atoms. The molecule has 186 valence electrons. The number of ether oxygens (including phenoxy) is 4. The molecule has 0 aliphatic heterocycles. The predicted octanol–water partition coefficient (Wildman–Crippen LogP) is 2.67. The van der Waals surface area contributed by atoms with Gasteiger partial charge in [0.1, 0.15) is 0 Å². The molecule has 0 unspecified atom stereocenters. The summed E-state index contributed by atoms with van der Waals surface area (Å²) < 4.78 is 43.2. The summed E-state index contributed by atoms with van der Waals surface area (Å²) in [5, 5.41) is 0. The molecule has 33 heavy (non-hydrogen) atoms. The molecule has 1 aromatic heterocycles. The molecule has 0 saturated carbocycles. The van der Waals surface area contributed by atoms with E-state index in [1.165, 1.54) is 22.9 Å². The molecule has 0 atom stereocenters. The van der Waals surface area contributed by atoms with Gasteiger partial charge in [-0.25, -0.2) is 14.4 Å². The Hall–Kier alpha value is -2.89. The van der Waals surface area contributed by atoms with E-state index in [9.17, 15) is 23.7 Å². The zero-order chi connectivity index (χ0) is 25.0. The second-order valence-electron chi connectivity index (χ2n) is 7.10. The van der Waals surface area contributed by atoms with Crippen molar-refractivity contribution in [2.75, 3.05) is 19.7 Å². The number of carbonyl (C=O) groups is 2. The molecule has 0 bridgehead atoms. The Bertz CT molecular complexity index is 949. The minimum atomic E-state index is -3.95. The van der Waals surface area contributed by atoms with Crippen LogP contribution in [0.15, 0.2) is 27.9 Å². The van der Waals surface area contributed by atoms with Gasteiger partial charge in [-0.15, -0.1) is 0 Å². The molecule has 0 saturated heterocycles. The standard InChI is InChI=1S/C19H29N2O11P/c1-13(2)31-18(24)27-11-29-33(26,30-12-28-19(25)32-14(3)4)9-7-6-8-21-10-15(5)16(22)20-17(21)23/h6-7,10,13-14H,8-9,11-12H2,1-5H3,(H,20,22,23)/b7-6-. The van der Waals surface area contributed by atoms with Gasteiger partial charge in [-0.1, -0.05) is 12.2 Å². The zero-order valence-electron chi connectivity index (χ0n) is 19.1. The maximum absolute atomic E-state index is 12.9. The average Bonchev–Trinajstić information content (AvgIpc) is 2.67. The molecular formula is C19H29N2O11P. The molecule has 1 N–H and O–H groups in total. The largest absolute Gasteiger partial charge is 0.510 e. The molecule has 1 heterocycles. The number of H-pyrrole nitrogens is 1. The molecule has 1 rings (SSSR count). The summed E-state index contributed by atoms with van der Waals surface area (Å²) in [6.07, 6.45) is 1.03. The van der Waals surface area contributed by atoms with Crippen molar-refractivity contribution in [1.82, 2.24) is 9.55 Å². The fourth-order valence-electron chi connectivity index (χ4n) is 2.05. The number of aromatic amines is 1. The Morgan fingerprint density at radius 1 is 1.00 bits per heavy atom. The van der Waals surface area contributed by atoms with Crippen LogP contribution in [0.4, 0.5) is 9.59 Å². The molecule has 13 nitrogen and oxygen atoms in total. The van der Waals surface area contributed by atoms with E-state index in [1.54, 1.807) is 34.6 Å². The van der Waals surface area contributed by atoms with Crippen LogP contribution < -0.4 is 11.2 Å². The maximum atomic E-state index is 12.9. The summed E-state index contributed by atoms with van der Waals surface area (Å²) in [6, 6.07) is 0. The summed E-state index contributed by atoms with van der Waals surface area (Å²) in [6.45, 7) is 6.58. The topological polar surface area (TPSA) is 161 Å². The number of nitrogens with zero attached hydrogens (tertiary/aromatic N) is 1. The van der Waals surface area contributed by atoms with E-state index >= 15 is 0 Å². The van der Waals surface area contributed by atoms with Gasteiger partial charge < -0.3 is 18.9 Å². The number of aryl methyl sites for hydroxylation is 1. The van der Waals surface area contributed by atoms with E-state index in [2.05, 4.69) is 14.5 Å². The number of rotatable bonds is 12. The third-order valence-electron chi connectivity index (χ3n) is 3.50. The SMILES string of the molecule is Cc1cn(C/C=C\CP(=O)(OCOC(=O)OC(C)C)OCOC(=O)OC(C)C)c(=O)[nH]c1=O. The van der Waals surface area contributed by atoms with Gasteiger partial charge in [0, 0.05) is 18.3 Å². The molecule has 0 fully saturated rings. The Kier molecular flexibility index (Phi) is 11.6. The van der Waals surface area contributed by atoms with E-state index in [0.29, 0.717) is 5.56 Å². The average molecular weight is 492 g/mol. The highest BCUT2D eigenvalue weighted by atomic mass is 31.2. The highest BCUT2D eigenvalue weighted by molar-refractivity contribution is 7.54. The summed E-state index contributed by atoms with van der Waals surface area (Å²) in [4.78, 5) is 48.2. The molecule has 0 aliphatic rings. The Morgan fingerprint density at radius 3 is 2.00 bits per heavy atom. The third-order valence-corrected chi connectivity index (χ3v) is 5.16. The van der Waals surface area contributed by atoms with Gasteiger partial charge in [0.15, 0.2) is 0 Å². The van der Waals surface area contributed by atoms with E-state index in [1.807, 2.05) is 0 Å². The molecular weight excluding hydrogens is 463 g/mol. The molecule has 0 aliphatic carbocycles. The van der Waals surface area contributed by atoms with Gasteiger partial charge in [0.25, 0.3) is 5.56 Å². The van der Waals surface area contributed by atoms with Crippen LogP contribution >= 0.6 is 7.60 Å². The molecule has 14 heteroatoms. The first-order chi connectivity index (χ1) is 15.4. The van der Waals surface area contributed by atoms with Crippen LogP contribution in [0.25, 0.3) is 0 Å². The van der Waals surface area contributed by atoms with E-state index < -0.39 is 56.9 Å². The monoisotopic (exact) mass is 492 g/mol. The lowest BCUT2D eigenvalue weighted by Gasteiger charge is -2.17. The summed E-state index contributed by atoms with van der Waals surface area (Å²) in [5.74, 6) is 0. The van der Waals surface area contributed by atoms with Gasteiger partial charge in [0.05, 0.1) is 18.4 Å². The summed E-state index contributed by atoms with van der Waals surface area (Å²) >= 11 is 0. The quantitative estimate of drug-likeness (QED) is 0.198. The Labute approximate surface area is 190 Å². The first-order valence-electron chi connectivity index (χ1n) is 9.92. The predicted molar refractivity (Wildman–Crippen MR) is 115 cm³/mol. The van der Waals surface area contributed by atoms with Crippen LogP contribution in [-0.2, 0) is 39.1 Å². The van der Waals surface area contributed by atoms with Crippen molar-refractivity contribution in [3.8, 4) is 0 Å². The first-order valence-corrected chi connectivity index (χ1v) is 11.6. The van der Waals surface area contributed by atoms with E-state index in [-0.39, 0.29) is 12.7 Å². The minimum absolute atomic E-state index is 0.0604. The van der Waals surface area contributed by atoms with Crippen molar-refractivity contribution in [2.45, 2.75) is 53.4 Å². The van der Waals surface area contributed by atoms with Gasteiger partial charge in [0.2, 0.25) is 13.6 Å². The number of hydrogen-bond donors (Lipinski definition) is 1. The van der Waals surface area contributed by atoms with Crippen LogP contribution in [0.1, 0.15) is 33.3 Å². The number of carbonyl (C=O) groups excluding carboxylic acids is 2. The maximum Gasteiger partial charge on any atom is 0.510 e. The molecule has 0 radical (unpaired) electrons. The van der Waals surface area contributed by atoms with E-state index in [0.717, 1.165) is 0 Å². The second kappa shape index (κ2) is 13.6. The minimum Gasteiger partial charge on any atom is -0.432 e. The number of allylic oxidation sites excluding steroid dienone is 2. The highest BCUT2D eigenvalue weighted by Gasteiger charge is 2.25. The number of aromatic nitrogens is 2. The van der Waals surface area contributed by atoms with Crippen molar-refractivity contribution in [3.05, 3.63) is 44.8 Å². The van der Waals surface area contributed by atoms with Crippen molar-refractivity contribution in [3.63, 3.8) is 0 Å². The number of hydrogen-bond acceptors (Lipinski definition) is 11. The zero-order valence-corrected chi connectivity index (χ0v) is 20.0. The number of nitrogens with one attached hydrogen (secondary N) is 1. The fraction of sp³-hybridized carbons (Fsp3) is 0.579. The Balaban J connectivity index is 2.74. The molecule has 1 aromatic rings. The normalized spacial score (nSPS) is 11.7. The summed E-state index contributed by atoms with van der Waals surface area (Å²) in [5.41, 5.74) is -0.755. The molecule has 0 amide bonds. The lowest BCUT2D eigenvalue weighted by atomic mass is 10.4. The van der Waals surface area contributed by atoms with Crippen LogP contribution in [0.3, 0.4) is 0 Å². The van der Waals surface area contributed by atoms with Crippen molar-refractivity contribution < 1.29 is 42.1 Å². The van der Waals surface area contributed by atoms with Crippen LogP contribution in [0, 0.1) is 6.92 Å². The lowest BCUT2D eigenvalue weighted by molar-refractivity contribution is -0.0298. The van der Waals surface area contributed by atoms with Crippen LogP contribution in [0.2, 0.25) is 0 Å².